The average molecular weight is 471 g/mol. The topological polar surface area (TPSA) is 91.1 Å². The smallest absolute Gasteiger partial charge is 0.224 e. The lowest BCUT2D eigenvalue weighted by atomic mass is 9.74. The molecule has 34 heavy (non-hydrogen) atoms. The minimum atomic E-state index is -0.762. The van der Waals surface area contributed by atoms with Gasteiger partial charge >= 0.3 is 0 Å². The van der Waals surface area contributed by atoms with Crippen LogP contribution in [0.5, 0.6) is 0 Å². The quantitative estimate of drug-likeness (QED) is 0.435. The predicted molar refractivity (Wildman–Crippen MR) is 120 cm³/mol. The number of amides is 2. The van der Waals surface area contributed by atoms with E-state index in [4.69, 9.17) is 0 Å². The summed E-state index contributed by atoms with van der Waals surface area (Å²) in [4.78, 5) is 38.2. The van der Waals surface area contributed by atoms with Gasteiger partial charge in [0.25, 0.3) is 0 Å². The third kappa shape index (κ3) is 4.69. The largest absolute Gasteiger partial charge is 0.359 e. The maximum absolute atomic E-state index is 14.5. The maximum atomic E-state index is 14.5. The Balaban J connectivity index is 1.57. The molecule has 2 amide bonds. The number of aromatic amines is 1. The zero-order valence-electron chi connectivity index (χ0n) is 18.5. The molecule has 0 saturated heterocycles. The zero-order chi connectivity index (χ0) is 24.4. The molecule has 3 aromatic rings. The Morgan fingerprint density at radius 1 is 1.12 bits per heavy atom. The average Bonchev–Trinajstić information content (AvgIpc) is 3.15. The molecule has 3 N–H and O–H groups in total. The van der Waals surface area contributed by atoms with Crippen molar-refractivity contribution in [3.63, 3.8) is 0 Å². The van der Waals surface area contributed by atoms with Crippen LogP contribution in [0.25, 0.3) is 22.2 Å². The fourth-order valence-electron chi connectivity index (χ4n) is 4.52. The van der Waals surface area contributed by atoms with Crippen molar-refractivity contribution < 1.29 is 27.6 Å². The second-order valence-electron chi connectivity index (χ2n) is 8.58. The highest BCUT2D eigenvalue weighted by molar-refractivity contribution is 5.92. The first kappa shape index (κ1) is 23.5. The standard InChI is InChI=1S/C25H24F3N3O3/c1-29-21(33)10-14(6-7-32)25(34)30-18-8-15(9-18)22-19-11-17(27)12-20(28)24(19)31-23(22)13-2-4-16(26)5-3-13/h2-5,7,11-12,14-15,18,31H,6,8-10H2,1H3,(H,29,33)(H,30,34). The normalized spacial score (nSPS) is 18.2. The van der Waals surface area contributed by atoms with E-state index in [-0.39, 0.29) is 42.1 Å². The fourth-order valence-corrected chi connectivity index (χ4v) is 4.52. The van der Waals surface area contributed by atoms with Crippen LogP contribution in [-0.2, 0) is 14.4 Å². The fraction of sp³-hybridized carbons (Fsp3) is 0.320. The first-order chi connectivity index (χ1) is 16.3. The predicted octanol–water partition coefficient (Wildman–Crippen LogP) is 3.96. The Bertz CT molecular complexity index is 1230. The van der Waals surface area contributed by atoms with E-state index in [0.717, 1.165) is 6.07 Å². The van der Waals surface area contributed by atoms with E-state index >= 15 is 0 Å². The molecule has 0 aliphatic heterocycles. The van der Waals surface area contributed by atoms with Crippen LogP contribution in [0.3, 0.4) is 0 Å². The lowest BCUT2D eigenvalue weighted by Gasteiger charge is -2.37. The Kier molecular flexibility index (Phi) is 6.72. The molecule has 2 aromatic carbocycles. The third-order valence-corrected chi connectivity index (χ3v) is 6.35. The van der Waals surface area contributed by atoms with Crippen LogP contribution in [0.4, 0.5) is 13.2 Å². The van der Waals surface area contributed by atoms with Gasteiger partial charge in [-0.2, -0.15) is 0 Å². The molecule has 4 rings (SSSR count). The van der Waals surface area contributed by atoms with Crippen LogP contribution in [0.1, 0.15) is 37.2 Å². The molecule has 1 aliphatic carbocycles. The Labute approximate surface area is 193 Å². The highest BCUT2D eigenvalue weighted by atomic mass is 19.1. The van der Waals surface area contributed by atoms with Gasteiger partial charge in [-0.15, -0.1) is 0 Å². The first-order valence-electron chi connectivity index (χ1n) is 11.0. The number of halogens is 3. The summed E-state index contributed by atoms with van der Waals surface area (Å²) in [6.45, 7) is 0. The number of H-pyrrole nitrogens is 1. The molecule has 1 unspecified atom stereocenters. The Morgan fingerprint density at radius 2 is 1.82 bits per heavy atom. The van der Waals surface area contributed by atoms with Crippen molar-refractivity contribution in [1.82, 2.24) is 15.6 Å². The summed E-state index contributed by atoms with van der Waals surface area (Å²) in [5.41, 5.74) is 2.09. The minimum absolute atomic E-state index is 0.0644. The number of carbonyl (C=O) groups is 3. The summed E-state index contributed by atoms with van der Waals surface area (Å²) in [5, 5.41) is 5.73. The number of carbonyl (C=O) groups excluding carboxylic acids is 3. The molecular formula is C25H24F3N3O3. The summed E-state index contributed by atoms with van der Waals surface area (Å²) in [5.74, 6) is -3.42. The maximum Gasteiger partial charge on any atom is 0.224 e. The molecule has 6 nitrogen and oxygen atoms in total. The molecule has 1 saturated carbocycles. The zero-order valence-corrected chi connectivity index (χ0v) is 18.5. The summed E-state index contributed by atoms with van der Waals surface area (Å²) >= 11 is 0. The van der Waals surface area contributed by atoms with E-state index in [1.807, 2.05) is 0 Å². The second-order valence-corrected chi connectivity index (χ2v) is 8.58. The van der Waals surface area contributed by atoms with Crippen LogP contribution >= 0.6 is 0 Å². The number of hydrogen-bond acceptors (Lipinski definition) is 3. The Morgan fingerprint density at radius 3 is 2.47 bits per heavy atom. The molecule has 0 bridgehead atoms. The Hall–Kier alpha value is -3.62. The molecule has 9 heteroatoms. The highest BCUT2D eigenvalue weighted by Gasteiger charge is 2.36. The van der Waals surface area contributed by atoms with Crippen molar-refractivity contribution in [2.75, 3.05) is 7.05 Å². The highest BCUT2D eigenvalue weighted by Crippen LogP contribution is 2.45. The van der Waals surface area contributed by atoms with Crippen LogP contribution in [0.2, 0.25) is 0 Å². The summed E-state index contributed by atoms with van der Waals surface area (Å²) in [7, 11) is 1.46. The van der Waals surface area contributed by atoms with E-state index in [2.05, 4.69) is 15.6 Å². The number of hydrogen-bond donors (Lipinski definition) is 3. The molecule has 1 heterocycles. The lowest BCUT2D eigenvalue weighted by molar-refractivity contribution is -0.132. The molecule has 1 atom stereocenters. The van der Waals surface area contributed by atoms with Crippen LogP contribution in [0, 0.1) is 23.4 Å². The molecule has 1 aromatic heterocycles. The van der Waals surface area contributed by atoms with Gasteiger partial charge in [0.2, 0.25) is 11.8 Å². The minimum Gasteiger partial charge on any atom is -0.359 e. The number of nitrogens with one attached hydrogen (secondary N) is 3. The lowest BCUT2D eigenvalue weighted by Crippen LogP contribution is -2.46. The first-order valence-corrected chi connectivity index (χ1v) is 11.0. The second kappa shape index (κ2) is 9.70. The summed E-state index contributed by atoms with van der Waals surface area (Å²) in [6, 6.07) is 7.60. The molecule has 1 fully saturated rings. The monoisotopic (exact) mass is 471 g/mol. The van der Waals surface area contributed by atoms with Crippen molar-refractivity contribution in [2.24, 2.45) is 5.92 Å². The van der Waals surface area contributed by atoms with Crippen molar-refractivity contribution in [3.05, 3.63) is 59.4 Å². The third-order valence-electron chi connectivity index (χ3n) is 6.35. The SMILES string of the molecule is CNC(=O)CC(CC=O)C(=O)NC1CC(c2c(-c3ccc(F)cc3)[nH]c3c(F)cc(F)cc23)C1. The molecule has 0 spiro atoms. The van der Waals surface area contributed by atoms with Crippen molar-refractivity contribution in [1.29, 1.82) is 0 Å². The molecular weight excluding hydrogens is 447 g/mol. The van der Waals surface area contributed by atoms with Crippen molar-refractivity contribution in [2.45, 2.75) is 37.6 Å². The van der Waals surface area contributed by atoms with Crippen LogP contribution in [0.15, 0.2) is 36.4 Å². The number of fused-ring (bicyclic) bond motifs is 1. The van der Waals surface area contributed by atoms with E-state index in [0.29, 0.717) is 41.3 Å². The van der Waals surface area contributed by atoms with E-state index in [1.54, 1.807) is 12.1 Å². The van der Waals surface area contributed by atoms with Gasteiger partial charge in [0.05, 0.1) is 17.1 Å². The van der Waals surface area contributed by atoms with Gasteiger partial charge in [-0.1, -0.05) is 0 Å². The number of rotatable bonds is 8. The molecule has 178 valence electrons. The summed E-state index contributed by atoms with van der Waals surface area (Å²) < 4.78 is 42.0. The van der Waals surface area contributed by atoms with Crippen molar-refractivity contribution in [3.8, 4) is 11.3 Å². The van der Waals surface area contributed by atoms with Crippen LogP contribution < -0.4 is 10.6 Å². The molecule has 1 aliphatic rings. The molecule has 0 radical (unpaired) electrons. The van der Waals surface area contributed by atoms with Gasteiger partial charge in [-0.3, -0.25) is 9.59 Å². The van der Waals surface area contributed by atoms with Gasteiger partial charge in [0.1, 0.15) is 23.7 Å². The van der Waals surface area contributed by atoms with Crippen LogP contribution in [-0.4, -0.2) is 36.2 Å². The van der Waals surface area contributed by atoms with E-state index in [9.17, 15) is 27.6 Å². The number of aldehydes is 1. The van der Waals surface area contributed by atoms with Gasteiger partial charge < -0.3 is 20.4 Å². The van der Waals surface area contributed by atoms with E-state index in [1.165, 1.54) is 25.2 Å². The van der Waals surface area contributed by atoms with Gasteiger partial charge in [0.15, 0.2) is 0 Å². The van der Waals surface area contributed by atoms with Gasteiger partial charge in [0, 0.05) is 37.4 Å². The van der Waals surface area contributed by atoms with E-state index < -0.39 is 23.4 Å². The summed E-state index contributed by atoms with van der Waals surface area (Å²) in [6.07, 6.45) is 1.48. The number of aromatic nitrogens is 1. The van der Waals surface area contributed by atoms with Gasteiger partial charge in [-0.25, -0.2) is 13.2 Å². The number of benzene rings is 2. The van der Waals surface area contributed by atoms with Crippen molar-refractivity contribution >= 4 is 29.0 Å². The van der Waals surface area contributed by atoms with Gasteiger partial charge in [-0.05, 0) is 60.2 Å².